The van der Waals surface area contributed by atoms with Gasteiger partial charge in [-0.2, -0.15) is 0 Å². The zero-order valence-corrected chi connectivity index (χ0v) is 12.6. The molecule has 0 fully saturated rings. The minimum Gasteiger partial charge on any atom is -0.496 e. The first kappa shape index (κ1) is 16.9. The Bertz CT molecular complexity index is 537. The second-order valence-corrected chi connectivity index (χ2v) is 5.56. The summed E-state index contributed by atoms with van der Waals surface area (Å²) in [7, 11) is 1.40. The van der Waals surface area contributed by atoms with Gasteiger partial charge in [-0.1, -0.05) is 6.07 Å². The average molecular weight is 296 g/mol. The van der Waals surface area contributed by atoms with Crippen LogP contribution in [0.15, 0.2) is 18.2 Å². The van der Waals surface area contributed by atoms with E-state index >= 15 is 0 Å². The summed E-state index contributed by atoms with van der Waals surface area (Å²) in [4.78, 5) is 22.4. The fourth-order valence-electron chi connectivity index (χ4n) is 1.80. The summed E-state index contributed by atoms with van der Waals surface area (Å²) in [5.74, 6) is -0.286. The highest BCUT2D eigenvalue weighted by molar-refractivity contribution is 5.76. The zero-order valence-electron chi connectivity index (χ0n) is 12.6. The molecule has 0 spiro atoms. The SMILES string of the molecule is COc1cccc([N+](=O)[O-])c1C[C@H](N)C(=O)OC(C)(C)C. The molecule has 0 unspecified atom stereocenters. The third-order valence-electron chi connectivity index (χ3n) is 2.66. The Morgan fingerprint density at radius 2 is 2.05 bits per heavy atom. The van der Waals surface area contributed by atoms with E-state index in [1.54, 1.807) is 26.8 Å². The number of carbonyl (C=O) groups is 1. The zero-order chi connectivity index (χ0) is 16.2. The van der Waals surface area contributed by atoms with E-state index in [0.717, 1.165) is 0 Å². The second-order valence-electron chi connectivity index (χ2n) is 5.56. The summed E-state index contributed by atoms with van der Waals surface area (Å²) in [6.07, 6.45) is -0.0325. The number of nitrogens with two attached hydrogens (primary N) is 1. The molecule has 2 N–H and O–H groups in total. The van der Waals surface area contributed by atoms with Crippen LogP contribution in [0.1, 0.15) is 26.3 Å². The van der Waals surface area contributed by atoms with Crippen molar-refractivity contribution in [2.45, 2.75) is 38.8 Å². The molecule has 116 valence electrons. The van der Waals surface area contributed by atoms with Crippen LogP contribution in [-0.4, -0.2) is 29.6 Å². The molecular formula is C14H20N2O5. The van der Waals surface area contributed by atoms with Crippen LogP contribution in [0.25, 0.3) is 0 Å². The van der Waals surface area contributed by atoms with Gasteiger partial charge in [0.15, 0.2) is 0 Å². The van der Waals surface area contributed by atoms with Gasteiger partial charge in [0, 0.05) is 12.5 Å². The number of rotatable bonds is 5. The first-order valence-corrected chi connectivity index (χ1v) is 6.44. The fraction of sp³-hybridized carbons (Fsp3) is 0.500. The van der Waals surface area contributed by atoms with Gasteiger partial charge in [-0.05, 0) is 26.8 Å². The van der Waals surface area contributed by atoms with Gasteiger partial charge >= 0.3 is 5.97 Å². The number of nitrogens with zero attached hydrogens (tertiary/aromatic N) is 1. The lowest BCUT2D eigenvalue weighted by Crippen LogP contribution is -2.39. The minimum atomic E-state index is -1.00. The first-order valence-electron chi connectivity index (χ1n) is 6.44. The molecule has 1 aromatic rings. The van der Waals surface area contributed by atoms with Crippen molar-refractivity contribution in [2.75, 3.05) is 7.11 Å². The Balaban J connectivity index is 3.01. The van der Waals surface area contributed by atoms with Gasteiger partial charge in [-0.3, -0.25) is 14.9 Å². The highest BCUT2D eigenvalue weighted by atomic mass is 16.6. The summed E-state index contributed by atoms with van der Waals surface area (Å²) in [6, 6.07) is 3.45. The Morgan fingerprint density at radius 1 is 1.43 bits per heavy atom. The maximum Gasteiger partial charge on any atom is 0.323 e. The Labute approximate surface area is 123 Å². The molecule has 1 aromatic carbocycles. The number of benzene rings is 1. The molecule has 0 saturated carbocycles. The third-order valence-corrected chi connectivity index (χ3v) is 2.66. The van der Waals surface area contributed by atoms with Gasteiger partial charge in [0.05, 0.1) is 17.6 Å². The Kier molecular flexibility index (Phi) is 5.26. The van der Waals surface area contributed by atoms with Crippen molar-refractivity contribution in [3.05, 3.63) is 33.9 Å². The molecule has 0 radical (unpaired) electrons. The molecule has 0 amide bonds. The molecule has 0 aromatic heterocycles. The molecule has 1 atom stereocenters. The molecule has 0 bridgehead atoms. The molecule has 0 aliphatic rings. The van der Waals surface area contributed by atoms with Gasteiger partial charge < -0.3 is 15.2 Å². The van der Waals surface area contributed by atoms with Crippen LogP contribution in [0.2, 0.25) is 0 Å². The van der Waals surface area contributed by atoms with Crippen LogP contribution in [0.4, 0.5) is 5.69 Å². The molecule has 21 heavy (non-hydrogen) atoms. The maximum absolute atomic E-state index is 11.9. The van der Waals surface area contributed by atoms with E-state index in [1.165, 1.54) is 19.2 Å². The largest absolute Gasteiger partial charge is 0.496 e. The monoisotopic (exact) mass is 296 g/mol. The van der Waals surface area contributed by atoms with Gasteiger partial charge in [0.25, 0.3) is 5.69 Å². The van der Waals surface area contributed by atoms with E-state index in [9.17, 15) is 14.9 Å². The number of hydrogen-bond donors (Lipinski definition) is 1. The van der Waals surface area contributed by atoms with Crippen LogP contribution < -0.4 is 10.5 Å². The molecule has 0 aliphatic heterocycles. The molecule has 1 rings (SSSR count). The molecule has 0 saturated heterocycles. The summed E-state index contributed by atoms with van der Waals surface area (Å²) >= 11 is 0. The van der Waals surface area contributed by atoms with Crippen molar-refractivity contribution >= 4 is 11.7 Å². The number of nitro benzene ring substituents is 1. The van der Waals surface area contributed by atoms with E-state index < -0.39 is 22.5 Å². The van der Waals surface area contributed by atoms with Crippen LogP contribution >= 0.6 is 0 Å². The first-order chi connectivity index (χ1) is 9.65. The number of esters is 1. The van der Waals surface area contributed by atoms with Crippen molar-refractivity contribution in [2.24, 2.45) is 5.73 Å². The van der Waals surface area contributed by atoms with Crippen molar-refractivity contribution < 1.29 is 19.2 Å². The smallest absolute Gasteiger partial charge is 0.323 e. The third kappa shape index (κ3) is 4.71. The Hall–Kier alpha value is -2.15. The summed E-state index contributed by atoms with van der Waals surface area (Å²) in [6.45, 7) is 5.18. The molecule has 7 heteroatoms. The molecule has 0 heterocycles. The highest BCUT2D eigenvalue weighted by Crippen LogP contribution is 2.29. The maximum atomic E-state index is 11.9. The number of carbonyl (C=O) groups excluding carboxylic acids is 1. The van der Waals surface area contributed by atoms with E-state index in [2.05, 4.69) is 0 Å². The van der Waals surface area contributed by atoms with E-state index in [0.29, 0.717) is 5.75 Å². The number of nitro groups is 1. The highest BCUT2D eigenvalue weighted by Gasteiger charge is 2.27. The van der Waals surface area contributed by atoms with E-state index in [1.807, 2.05) is 0 Å². The second kappa shape index (κ2) is 6.53. The number of ether oxygens (including phenoxy) is 2. The molecule has 7 nitrogen and oxygen atoms in total. The molecular weight excluding hydrogens is 276 g/mol. The summed E-state index contributed by atoms with van der Waals surface area (Å²) in [5, 5.41) is 11.1. The van der Waals surface area contributed by atoms with E-state index in [-0.39, 0.29) is 17.7 Å². The van der Waals surface area contributed by atoms with Gasteiger partial charge in [-0.25, -0.2) is 0 Å². The lowest BCUT2D eigenvalue weighted by molar-refractivity contribution is -0.385. The summed E-state index contributed by atoms with van der Waals surface area (Å²) in [5.41, 5.74) is 5.28. The predicted molar refractivity (Wildman–Crippen MR) is 77.2 cm³/mol. The number of hydrogen-bond acceptors (Lipinski definition) is 6. The van der Waals surface area contributed by atoms with Gasteiger partial charge in [0.2, 0.25) is 0 Å². The standard InChI is InChI=1S/C14H20N2O5/c1-14(2,3)21-13(17)10(15)8-9-11(16(18)19)6-5-7-12(9)20-4/h5-7,10H,8,15H2,1-4H3/t10-/m0/s1. The lowest BCUT2D eigenvalue weighted by Gasteiger charge is -2.22. The van der Waals surface area contributed by atoms with Crippen LogP contribution in [0, 0.1) is 10.1 Å². The van der Waals surface area contributed by atoms with Crippen LogP contribution in [0.5, 0.6) is 5.75 Å². The van der Waals surface area contributed by atoms with Crippen LogP contribution in [0.3, 0.4) is 0 Å². The summed E-state index contributed by atoms with van der Waals surface area (Å²) < 4.78 is 10.3. The van der Waals surface area contributed by atoms with Crippen molar-refractivity contribution in [1.29, 1.82) is 0 Å². The van der Waals surface area contributed by atoms with Gasteiger partial charge in [0.1, 0.15) is 17.4 Å². The Morgan fingerprint density at radius 3 is 2.52 bits per heavy atom. The van der Waals surface area contributed by atoms with Crippen molar-refractivity contribution in [3.63, 3.8) is 0 Å². The number of methoxy groups -OCH3 is 1. The minimum absolute atomic E-state index is 0.0325. The van der Waals surface area contributed by atoms with Crippen molar-refractivity contribution in [1.82, 2.24) is 0 Å². The molecule has 0 aliphatic carbocycles. The normalized spacial score (nSPS) is 12.6. The van der Waals surface area contributed by atoms with E-state index in [4.69, 9.17) is 15.2 Å². The predicted octanol–water partition coefficient (Wildman–Crippen LogP) is 1.81. The average Bonchev–Trinajstić information content (AvgIpc) is 2.36. The fourth-order valence-corrected chi connectivity index (χ4v) is 1.80. The van der Waals surface area contributed by atoms with Crippen LogP contribution in [-0.2, 0) is 16.0 Å². The topological polar surface area (TPSA) is 105 Å². The van der Waals surface area contributed by atoms with Gasteiger partial charge in [-0.15, -0.1) is 0 Å². The quantitative estimate of drug-likeness (QED) is 0.505. The van der Waals surface area contributed by atoms with Crippen molar-refractivity contribution in [3.8, 4) is 5.75 Å². The lowest BCUT2D eigenvalue weighted by atomic mass is 10.0.